The molecule has 0 saturated heterocycles. The van der Waals surface area contributed by atoms with Gasteiger partial charge in [-0.1, -0.05) is 44.2 Å². The van der Waals surface area contributed by atoms with Gasteiger partial charge in [0.2, 0.25) is 0 Å². The highest BCUT2D eigenvalue weighted by atomic mass is 19.3. The first-order chi connectivity index (χ1) is 8.54. The molecule has 0 aliphatic heterocycles. The summed E-state index contributed by atoms with van der Waals surface area (Å²) in [6.07, 6.45) is -1.82. The molecule has 0 fully saturated rings. The van der Waals surface area contributed by atoms with E-state index in [1.165, 1.54) is 0 Å². The summed E-state index contributed by atoms with van der Waals surface area (Å²) in [6.45, 7) is 3.88. The van der Waals surface area contributed by atoms with Gasteiger partial charge in [-0.15, -0.1) is 0 Å². The van der Waals surface area contributed by atoms with Crippen molar-refractivity contribution in [3.63, 3.8) is 0 Å². The third-order valence-corrected chi connectivity index (χ3v) is 2.80. The number of alkyl halides is 2. The number of halogens is 2. The van der Waals surface area contributed by atoms with E-state index in [0.29, 0.717) is 17.9 Å². The quantitative estimate of drug-likeness (QED) is 0.787. The zero-order valence-electron chi connectivity index (χ0n) is 10.8. The van der Waals surface area contributed by atoms with Crippen molar-refractivity contribution < 1.29 is 13.9 Å². The summed E-state index contributed by atoms with van der Waals surface area (Å²) >= 11 is 0. The fourth-order valence-electron chi connectivity index (χ4n) is 1.99. The molecule has 0 spiro atoms. The van der Waals surface area contributed by atoms with Gasteiger partial charge in [0.25, 0.3) is 6.43 Å². The van der Waals surface area contributed by atoms with E-state index in [9.17, 15) is 13.9 Å². The monoisotopic (exact) mass is 257 g/mol. The number of benzene rings is 1. The van der Waals surface area contributed by atoms with Crippen LogP contribution in [0, 0.1) is 5.92 Å². The van der Waals surface area contributed by atoms with Crippen molar-refractivity contribution in [3.05, 3.63) is 35.9 Å². The van der Waals surface area contributed by atoms with Crippen molar-refractivity contribution >= 4 is 0 Å². The molecule has 0 radical (unpaired) electrons. The second-order valence-corrected chi connectivity index (χ2v) is 4.90. The highest BCUT2D eigenvalue weighted by molar-refractivity contribution is 5.19. The molecular formula is C14H21F2NO. The third-order valence-electron chi connectivity index (χ3n) is 2.80. The topological polar surface area (TPSA) is 32.3 Å². The van der Waals surface area contributed by atoms with Crippen LogP contribution in [-0.4, -0.2) is 24.2 Å². The van der Waals surface area contributed by atoms with E-state index >= 15 is 0 Å². The predicted molar refractivity (Wildman–Crippen MR) is 68.7 cm³/mol. The number of aliphatic hydroxyl groups is 1. The number of aliphatic hydroxyl groups excluding tert-OH is 1. The first-order valence-corrected chi connectivity index (χ1v) is 6.24. The second kappa shape index (κ2) is 7.44. The maximum absolute atomic E-state index is 13.1. The van der Waals surface area contributed by atoms with Crippen LogP contribution >= 0.6 is 0 Å². The van der Waals surface area contributed by atoms with E-state index in [1.807, 2.05) is 13.8 Å². The molecule has 0 aromatic heterocycles. The molecule has 0 unspecified atom stereocenters. The summed E-state index contributed by atoms with van der Waals surface area (Å²) in [7, 11) is 0. The first-order valence-electron chi connectivity index (χ1n) is 6.24. The minimum absolute atomic E-state index is 0.131. The Balaban J connectivity index is 2.74. The maximum Gasteiger partial charge on any atom is 0.257 e. The molecule has 0 aliphatic carbocycles. The Labute approximate surface area is 107 Å². The van der Waals surface area contributed by atoms with Gasteiger partial charge in [-0.25, -0.2) is 8.78 Å². The first kappa shape index (κ1) is 15.1. The van der Waals surface area contributed by atoms with Gasteiger partial charge in [0, 0.05) is 6.04 Å². The van der Waals surface area contributed by atoms with Crippen LogP contribution in [-0.2, 0) is 0 Å². The molecule has 102 valence electrons. The number of hydrogen-bond acceptors (Lipinski definition) is 2. The summed E-state index contributed by atoms with van der Waals surface area (Å²) < 4.78 is 26.1. The lowest BCUT2D eigenvalue weighted by Gasteiger charge is -2.25. The van der Waals surface area contributed by atoms with Gasteiger partial charge in [0.15, 0.2) is 0 Å². The molecular weight excluding hydrogens is 236 g/mol. The van der Waals surface area contributed by atoms with E-state index < -0.39 is 12.5 Å². The van der Waals surface area contributed by atoms with Crippen LogP contribution < -0.4 is 5.32 Å². The molecule has 2 atom stereocenters. The van der Waals surface area contributed by atoms with Crippen LogP contribution in [0.25, 0.3) is 0 Å². The molecule has 18 heavy (non-hydrogen) atoms. The smallest absolute Gasteiger partial charge is 0.257 e. The zero-order chi connectivity index (χ0) is 13.5. The Morgan fingerprint density at radius 1 is 1.17 bits per heavy atom. The molecule has 0 amide bonds. The normalized spacial score (nSPS) is 15.1. The standard InChI is InChI=1S/C14H21F2NO/c1-10(2)8-12(9-18)17-13(14(15)16)11-6-4-3-5-7-11/h3-7,10,12-14,17-18H,8-9H2,1-2H3/t12-,13-/m0/s1. The lowest BCUT2D eigenvalue weighted by Crippen LogP contribution is -2.39. The van der Waals surface area contributed by atoms with E-state index in [1.54, 1.807) is 30.3 Å². The molecule has 2 nitrogen and oxygen atoms in total. The van der Waals surface area contributed by atoms with Crippen LogP contribution in [0.4, 0.5) is 8.78 Å². The number of nitrogens with one attached hydrogen (secondary N) is 1. The molecule has 1 aromatic rings. The van der Waals surface area contributed by atoms with E-state index in [-0.39, 0.29) is 12.6 Å². The van der Waals surface area contributed by atoms with Crippen molar-refractivity contribution in [2.45, 2.75) is 38.8 Å². The lowest BCUT2D eigenvalue weighted by atomic mass is 10.0. The van der Waals surface area contributed by atoms with Crippen molar-refractivity contribution in [2.24, 2.45) is 5.92 Å². The van der Waals surface area contributed by atoms with E-state index in [4.69, 9.17) is 0 Å². The van der Waals surface area contributed by atoms with Crippen LogP contribution in [0.5, 0.6) is 0 Å². The molecule has 1 aromatic carbocycles. The molecule has 0 heterocycles. The average Bonchev–Trinajstić information content (AvgIpc) is 2.34. The Hall–Kier alpha value is -1.00. The molecule has 1 rings (SSSR count). The van der Waals surface area contributed by atoms with Crippen LogP contribution in [0.3, 0.4) is 0 Å². The Morgan fingerprint density at radius 3 is 2.22 bits per heavy atom. The van der Waals surface area contributed by atoms with Crippen LogP contribution in [0.1, 0.15) is 31.9 Å². The molecule has 0 saturated carbocycles. The molecule has 4 heteroatoms. The number of rotatable bonds is 7. The second-order valence-electron chi connectivity index (χ2n) is 4.90. The van der Waals surface area contributed by atoms with Crippen molar-refractivity contribution in [1.29, 1.82) is 0 Å². The van der Waals surface area contributed by atoms with Gasteiger partial charge in [0.1, 0.15) is 0 Å². The Morgan fingerprint density at radius 2 is 1.78 bits per heavy atom. The molecule has 2 N–H and O–H groups in total. The summed E-state index contributed by atoms with van der Waals surface area (Å²) in [6, 6.07) is 7.29. The van der Waals surface area contributed by atoms with Gasteiger partial charge < -0.3 is 10.4 Å². The summed E-state index contributed by atoms with van der Waals surface area (Å²) in [5.74, 6) is 0.351. The molecule has 0 bridgehead atoms. The van der Waals surface area contributed by atoms with Gasteiger partial charge in [-0.05, 0) is 17.9 Å². The summed E-state index contributed by atoms with van der Waals surface area (Å²) in [5, 5.41) is 12.1. The Bertz CT molecular complexity index is 330. The van der Waals surface area contributed by atoms with E-state index in [2.05, 4.69) is 5.32 Å². The zero-order valence-corrected chi connectivity index (χ0v) is 10.8. The summed E-state index contributed by atoms with van der Waals surface area (Å²) in [4.78, 5) is 0. The van der Waals surface area contributed by atoms with Crippen molar-refractivity contribution in [3.8, 4) is 0 Å². The fourth-order valence-corrected chi connectivity index (χ4v) is 1.99. The average molecular weight is 257 g/mol. The van der Waals surface area contributed by atoms with Crippen molar-refractivity contribution in [1.82, 2.24) is 5.32 Å². The van der Waals surface area contributed by atoms with Gasteiger partial charge >= 0.3 is 0 Å². The fraction of sp³-hybridized carbons (Fsp3) is 0.571. The minimum Gasteiger partial charge on any atom is -0.395 e. The highest BCUT2D eigenvalue weighted by Crippen LogP contribution is 2.22. The van der Waals surface area contributed by atoms with E-state index in [0.717, 1.165) is 0 Å². The van der Waals surface area contributed by atoms with Crippen LogP contribution in [0.2, 0.25) is 0 Å². The minimum atomic E-state index is -2.49. The van der Waals surface area contributed by atoms with Gasteiger partial charge in [-0.2, -0.15) is 0 Å². The SMILES string of the molecule is CC(C)C[C@@H](CO)N[C@@H](c1ccccc1)C(F)F. The summed E-state index contributed by atoms with van der Waals surface area (Å²) in [5.41, 5.74) is 0.551. The lowest BCUT2D eigenvalue weighted by molar-refractivity contribution is 0.0818. The Kier molecular flexibility index (Phi) is 6.22. The van der Waals surface area contributed by atoms with Gasteiger partial charge in [0.05, 0.1) is 12.6 Å². The third kappa shape index (κ3) is 4.70. The number of hydrogen-bond donors (Lipinski definition) is 2. The predicted octanol–water partition coefficient (Wildman–Crippen LogP) is 2.99. The maximum atomic E-state index is 13.1. The van der Waals surface area contributed by atoms with Gasteiger partial charge in [-0.3, -0.25) is 0 Å². The van der Waals surface area contributed by atoms with Crippen molar-refractivity contribution in [2.75, 3.05) is 6.61 Å². The highest BCUT2D eigenvalue weighted by Gasteiger charge is 2.25. The van der Waals surface area contributed by atoms with Crippen LogP contribution in [0.15, 0.2) is 30.3 Å². The largest absolute Gasteiger partial charge is 0.395 e. The molecule has 0 aliphatic rings.